The van der Waals surface area contributed by atoms with E-state index in [1.165, 1.54) is 11.5 Å². The third-order valence-electron chi connectivity index (χ3n) is 2.76. The summed E-state index contributed by atoms with van der Waals surface area (Å²) in [6.45, 7) is 0.503. The molecule has 0 aliphatic carbocycles. The van der Waals surface area contributed by atoms with Crippen molar-refractivity contribution in [2.45, 2.75) is 6.54 Å². The Balaban J connectivity index is 2.17. The molecule has 1 heterocycles. The number of nitriles is 1. The second-order valence-electron chi connectivity index (χ2n) is 3.92. The van der Waals surface area contributed by atoms with E-state index in [2.05, 4.69) is 9.69 Å². The lowest BCUT2D eigenvalue weighted by atomic mass is 10.2. The topological polar surface area (TPSA) is 93.2 Å². The number of ether oxygens (including phenoxy) is 2. The van der Waals surface area contributed by atoms with Gasteiger partial charge in [0, 0.05) is 18.2 Å². The Morgan fingerprint density at radius 3 is 2.85 bits per heavy atom. The fraction of sp³-hybridized carbons (Fsp3) is 0.231. The van der Waals surface area contributed by atoms with Crippen LogP contribution in [-0.2, 0) is 6.54 Å². The molecule has 0 unspecified atom stereocenters. The largest absolute Gasteiger partial charge is 0.497 e. The maximum Gasteiger partial charge on any atom is 0.157 e. The Morgan fingerprint density at radius 1 is 1.40 bits per heavy atom. The Labute approximate surface area is 120 Å². The van der Waals surface area contributed by atoms with Gasteiger partial charge in [0.05, 0.1) is 14.2 Å². The molecule has 0 spiro atoms. The molecule has 0 amide bonds. The van der Waals surface area contributed by atoms with Crippen molar-refractivity contribution in [3.8, 4) is 17.6 Å². The fourth-order valence-corrected chi connectivity index (χ4v) is 2.36. The highest BCUT2D eigenvalue weighted by atomic mass is 32.1. The summed E-state index contributed by atoms with van der Waals surface area (Å²) in [5, 5.41) is 12.8. The van der Waals surface area contributed by atoms with Gasteiger partial charge in [0.2, 0.25) is 0 Å². The summed E-state index contributed by atoms with van der Waals surface area (Å²) in [7, 11) is 3.20. The predicted octanol–water partition coefficient (Wildman–Crippen LogP) is 2.23. The monoisotopic (exact) mass is 290 g/mol. The number of rotatable bonds is 5. The summed E-state index contributed by atoms with van der Waals surface area (Å²) in [5.41, 5.74) is 6.94. The van der Waals surface area contributed by atoms with Gasteiger partial charge in [-0.2, -0.15) is 9.64 Å². The normalized spacial score (nSPS) is 9.85. The number of nitrogens with one attached hydrogen (secondary N) is 1. The molecule has 2 aromatic rings. The highest BCUT2D eigenvalue weighted by Crippen LogP contribution is 2.29. The van der Waals surface area contributed by atoms with Crippen LogP contribution in [0.4, 0.5) is 10.8 Å². The molecule has 0 saturated heterocycles. The second-order valence-corrected chi connectivity index (χ2v) is 4.69. The molecule has 0 aliphatic heterocycles. The van der Waals surface area contributed by atoms with Crippen molar-refractivity contribution in [2.75, 3.05) is 25.3 Å². The summed E-state index contributed by atoms with van der Waals surface area (Å²) in [4.78, 5) is 0. The summed E-state index contributed by atoms with van der Waals surface area (Å²) < 4.78 is 14.4. The van der Waals surface area contributed by atoms with Crippen LogP contribution in [0.25, 0.3) is 0 Å². The molecule has 0 saturated carbocycles. The molecule has 0 bridgehead atoms. The van der Waals surface area contributed by atoms with E-state index in [1.54, 1.807) is 14.2 Å². The molecule has 0 aliphatic rings. The van der Waals surface area contributed by atoms with Gasteiger partial charge in [0.15, 0.2) is 5.82 Å². The van der Waals surface area contributed by atoms with Gasteiger partial charge in [-0.05, 0) is 23.7 Å². The van der Waals surface area contributed by atoms with E-state index in [0.29, 0.717) is 22.9 Å². The molecular formula is C13H14N4O2S. The zero-order chi connectivity index (χ0) is 14.5. The molecule has 0 fully saturated rings. The molecule has 104 valence electrons. The minimum Gasteiger partial charge on any atom is -0.497 e. The summed E-state index contributed by atoms with van der Waals surface area (Å²) >= 11 is 1.17. The smallest absolute Gasteiger partial charge is 0.157 e. The number of anilines is 2. The number of benzene rings is 1. The molecule has 20 heavy (non-hydrogen) atoms. The first-order chi connectivity index (χ1) is 9.69. The summed E-state index contributed by atoms with van der Waals surface area (Å²) in [6.07, 6.45) is 0. The van der Waals surface area contributed by atoms with Crippen molar-refractivity contribution in [2.24, 2.45) is 0 Å². The van der Waals surface area contributed by atoms with Gasteiger partial charge in [-0.3, -0.25) is 0 Å². The maximum absolute atomic E-state index is 9.01. The Bertz CT molecular complexity index is 648. The number of nitrogen functional groups attached to an aromatic ring is 1. The van der Waals surface area contributed by atoms with E-state index in [4.69, 9.17) is 20.5 Å². The van der Waals surface area contributed by atoms with Gasteiger partial charge in [0.1, 0.15) is 28.1 Å². The van der Waals surface area contributed by atoms with Crippen LogP contribution >= 0.6 is 11.5 Å². The Kier molecular flexibility index (Phi) is 4.27. The number of nitrogens with zero attached hydrogens (tertiary/aromatic N) is 2. The number of methoxy groups -OCH3 is 2. The first kappa shape index (κ1) is 14.0. The average molecular weight is 290 g/mol. The molecule has 1 aromatic heterocycles. The number of nitrogens with two attached hydrogens (primary N) is 1. The third-order valence-corrected chi connectivity index (χ3v) is 3.58. The van der Waals surface area contributed by atoms with Crippen molar-refractivity contribution >= 4 is 22.4 Å². The van der Waals surface area contributed by atoms with E-state index >= 15 is 0 Å². The first-order valence-electron chi connectivity index (χ1n) is 5.79. The predicted molar refractivity (Wildman–Crippen MR) is 78.1 cm³/mol. The standard InChI is InChI=1S/C13H14N4O2S/c1-18-9-4-3-8(11(5-9)19-2)7-16-13-10(6-14)12(15)17-20-13/h3-5,16H,7H2,1-2H3,(H2,15,17). The highest BCUT2D eigenvalue weighted by molar-refractivity contribution is 7.10. The minimum absolute atomic E-state index is 0.252. The van der Waals surface area contributed by atoms with Crippen LogP contribution in [0.1, 0.15) is 11.1 Å². The lowest BCUT2D eigenvalue weighted by molar-refractivity contribution is 0.391. The molecular weight excluding hydrogens is 276 g/mol. The zero-order valence-corrected chi connectivity index (χ0v) is 12.0. The third kappa shape index (κ3) is 2.75. The van der Waals surface area contributed by atoms with Crippen LogP contribution in [0.3, 0.4) is 0 Å². The molecule has 3 N–H and O–H groups in total. The summed E-state index contributed by atoms with van der Waals surface area (Å²) in [6, 6.07) is 7.60. The molecule has 2 rings (SSSR count). The molecule has 0 atom stereocenters. The van der Waals surface area contributed by atoms with Crippen molar-refractivity contribution in [3.05, 3.63) is 29.3 Å². The number of hydrogen-bond donors (Lipinski definition) is 2. The zero-order valence-electron chi connectivity index (χ0n) is 11.1. The van der Waals surface area contributed by atoms with Crippen LogP contribution in [-0.4, -0.2) is 18.6 Å². The lowest BCUT2D eigenvalue weighted by Gasteiger charge is -2.11. The van der Waals surface area contributed by atoms with Crippen molar-refractivity contribution in [3.63, 3.8) is 0 Å². The average Bonchev–Trinajstić information content (AvgIpc) is 2.84. The van der Waals surface area contributed by atoms with Gasteiger partial charge in [-0.25, -0.2) is 0 Å². The quantitative estimate of drug-likeness (QED) is 0.877. The van der Waals surface area contributed by atoms with Crippen LogP contribution in [0.5, 0.6) is 11.5 Å². The van der Waals surface area contributed by atoms with Crippen molar-refractivity contribution in [1.29, 1.82) is 5.26 Å². The van der Waals surface area contributed by atoms with Gasteiger partial charge < -0.3 is 20.5 Å². The molecule has 1 aromatic carbocycles. The van der Waals surface area contributed by atoms with Gasteiger partial charge in [-0.1, -0.05) is 0 Å². The van der Waals surface area contributed by atoms with E-state index in [1.807, 2.05) is 24.3 Å². The van der Waals surface area contributed by atoms with Crippen LogP contribution < -0.4 is 20.5 Å². The van der Waals surface area contributed by atoms with E-state index < -0.39 is 0 Å². The molecule has 7 heteroatoms. The van der Waals surface area contributed by atoms with E-state index in [-0.39, 0.29) is 5.82 Å². The van der Waals surface area contributed by atoms with E-state index in [0.717, 1.165) is 11.3 Å². The van der Waals surface area contributed by atoms with Gasteiger partial charge in [-0.15, -0.1) is 0 Å². The van der Waals surface area contributed by atoms with Gasteiger partial charge in [0.25, 0.3) is 0 Å². The SMILES string of the molecule is COc1ccc(CNc2snc(N)c2C#N)c(OC)c1. The fourth-order valence-electron chi connectivity index (χ4n) is 1.70. The lowest BCUT2D eigenvalue weighted by Crippen LogP contribution is -2.02. The maximum atomic E-state index is 9.01. The number of aromatic nitrogens is 1. The summed E-state index contributed by atoms with van der Waals surface area (Å²) in [5.74, 6) is 1.69. The van der Waals surface area contributed by atoms with Crippen LogP contribution in [0.2, 0.25) is 0 Å². The molecule has 6 nitrogen and oxygen atoms in total. The number of hydrogen-bond acceptors (Lipinski definition) is 7. The minimum atomic E-state index is 0.252. The first-order valence-corrected chi connectivity index (χ1v) is 6.57. The second kappa shape index (κ2) is 6.12. The van der Waals surface area contributed by atoms with Gasteiger partial charge >= 0.3 is 0 Å². The highest BCUT2D eigenvalue weighted by Gasteiger charge is 2.11. The Hall–Kier alpha value is -2.46. The van der Waals surface area contributed by atoms with Crippen LogP contribution in [0, 0.1) is 11.3 Å². The van der Waals surface area contributed by atoms with Crippen molar-refractivity contribution in [1.82, 2.24) is 4.37 Å². The molecule has 0 radical (unpaired) electrons. The van der Waals surface area contributed by atoms with Crippen molar-refractivity contribution < 1.29 is 9.47 Å². The van der Waals surface area contributed by atoms with E-state index in [9.17, 15) is 0 Å². The Morgan fingerprint density at radius 2 is 2.20 bits per heavy atom. The van der Waals surface area contributed by atoms with Crippen LogP contribution in [0.15, 0.2) is 18.2 Å².